The summed E-state index contributed by atoms with van der Waals surface area (Å²) >= 11 is 1.50. The number of benzene rings is 2. The number of nitrogens with one attached hydrogen (secondary N) is 1. The van der Waals surface area contributed by atoms with Gasteiger partial charge in [-0.1, -0.05) is 61.9 Å². The van der Waals surface area contributed by atoms with E-state index in [0.717, 1.165) is 16.8 Å². The van der Waals surface area contributed by atoms with Gasteiger partial charge in [0.2, 0.25) is 5.91 Å². The third kappa shape index (κ3) is 5.39. The van der Waals surface area contributed by atoms with Crippen LogP contribution < -0.4 is 5.32 Å². The Labute approximate surface area is 148 Å². The fraction of sp³-hybridized carbons (Fsp3) is 0.350. The van der Waals surface area contributed by atoms with Crippen molar-refractivity contribution in [2.75, 3.05) is 11.1 Å². The molecule has 3 nitrogen and oxygen atoms in total. The van der Waals surface area contributed by atoms with Crippen LogP contribution in [-0.4, -0.2) is 22.0 Å². The molecule has 0 radical (unpaired) electrons. The zero-order chi connectivity index (χ0) is 17.5. The SMILES string of the molecule is Cc1ccc(NC(=O)C(SCC(O)c2ccccc2)C(C)C)cc1. The number of aliphatic hydroxyl groups excluding tert-OH is 1. The number of hydrogen-bond donors (Lipinski definition) is 2. The quantitative estimate of drug-likeness (QED) is 0.782. The Kier molecular flexibility index (Phi) is 6.88. The highest BCUT2D eigenvalue weighted by Crippen LogP contribution is 2.26. The van der Waals surface area contributed by atoms with Crippen molar-refractivity contribution in [3.05, 3.63) is 65.7 Å². The topological polar surface area (TPSA) is 49.3 Å². The molecule has 2 atom stereocenters. The summed E-state index contributed by atoms with van der Waals surface area (Å²) in [5.41, 5.74) is 2.85. The summed E-state index contributed by atoms with van der Waals surface area (Å²) in [5, 5.41) is 13.1. The van der Waals surface area contributed by atoms with E-state index in [-0.39, 0.29) is 17.1 Å². The molecule has 1 amide bonds. The first-order valence-electron chi connectivity index (χ1n) is 8.19. The molecule has 2 aromatic carbocycles. The fourth-order valence-electron chi connectivity index (χ4n) is 2.39. The lowest BCUT2D eigenvalue weighted by Gasteiger charge is -2.21. The van der Waals surface area contributed by atoms with Gasteiger partial charge in [0.15, 0.2) is 0 Å². The van der Waals surface area contributed by atoms with Crippen LogP contribution in [0.2, 0.25) is 0 Å². The first-order valence-corrected chi connectivity index (χ1v) is 9.24. The molecule has 0 aliphatic heterocycles. The average molecular weight is 343 g/mol. The predicted octanol–water partition coefficient (Wildman–Crippen LogP) is 4.42. The van der Waals surface area contributed by atoms with Crippen molar-refractivity contribution >= 4 is 23.4 Å². The fourth-order valence-corrected chi connectivity index (χ4v) is 3.56. The molecule has 0 spiro atoms. The van der Waals surface area contributed by atoms with E-state index in [2.05, 4.69) is 5.32 Å². The maximum absolute atomic E-state index is 12.6. The molecule has 0 heterocycles. The maximum atomic E-state index is 12.6. The third-order valence-corrected chi connectivity index (χ3v) is 5.43. The lowest BCUT2D eigenvalue weighted by Crippen LogP contribution is -2.30. The zero-order valence-corrected chi connectivity index (χ0v) is 15.2. The minimum atomic E-state index is -0.565. The Morgan fingerprint density at radius 2 is 1.71 bits per heavy atom. The monoisotopic (exact) mass is 343 g/mol. The van der Waals surface area contributed by atoms with Crippen molar-refractivity contribution in [2.24, 2.45) is 5.92 Å². The van der Waals surface area contributed by atoms with E-state index in [0.29, 0.717) is 5.75 Å². The molecule has 4 heteroatoms. The molecule has 0 fully saturated rings. The summed E-state index contributed by atoms with van der Waals surface area (Å²) in [5.74, 6) is 0.663. The number of amides is 1. The number of carbonyl (C=O) groups excluding carboxylic acids is 1. The van der Waals surface area contributed by atoms with Gasteiger partial charge in [-0.2, -0.15) is 0 Å². The Balaban J connectivity index is 1.95. The van der Waals surface area contributed by atoms with E-state index < -0.39 is 6.10 Å². The Morgan fingerprint density at radius 3 is 2.29 bits per heavy atom. The van der Waals surface area contributed by atoms with Crippen molar-refractivity contribution in [1.29, 1.82) is 0 Å². The molecule has 2 rings (SSSR count). The zero-order valence-electron chi connectivity index (χ0n) is 14.4. The second kappa shape index (κ2) is 8.90. The summed E-state index contributed by atoms with van der Waals surface area (Å²) in [4.78, 5) is 12.6. The lowest BCUT2D eigenvalue weighted by molar-refractivity contribution is -0.116. The highest BCUT2D eigenvalue weighted by atomic mass is 32.2. The number of aryl methyl sites for hydroxylation is 1. The van der Waals surface area contributed by atoms with E-state index in [1.165, 1.54) is 11.8 Å². The van der Waals surface area contributed by atoms with Gasteiger partial charge in [-0.15, -0.1) is 11.8 Å². The standard InChI is InChI=1S/C20H25NO2S/c1-14(2)19(20(23)21-17-11-9-15(3)10-12-17)24-13-18(22)16-7-5-4-6-8-16/h4-12,14,18-19,22H,13H2,1-3H3,(H,21,23). The third-order valence-electron chi connectivity index (χ3n) is 3.80. The molecule has 0 bridgehead atoms. The Morgan fingerprint density at radius 1 is 1.08 bits per heavy atom. The Hall–Kier alpha value is -1.78. The van der Waals surface area contributed by atoms with Crippen LogP contribution in [0.25, 0.3) is 0 Å². The number of rotatable bonds is 7. The van der Waals surface area contributed by atoms with E-state index in [1.807, 2.05) is 75.4 Å². The molecular weight excluding hydrogens is 318 g/mol. The van der Waals surface area contributed by atoms with Gasteiger partial charge < -0.3 is 10.4 Å². The number of hydrogen-bond acceptors (Lipinski definition) is 3. The van der Waals surface area contributed by atoms with Gasteiger partial charge in [0.1, 0.15) is 0 Å². The van der Waals surface area contributed by atoms with E-state index in [9.17, 15) is 9.90 Å². The van der Waals surface area contributed by atoms with Crippen molar-refractivity contribution < 1.29 is 9.90 Å². The van der Waals surface area contributed by atoms with Crippen LogP contribution in [0, 0.1) is 12.8 Å². The van der Waals surface area contributed by atoms with Crippen molar-refractivity contribution in [3.63, 3.8) is 0 Å². The van der Waals surface area contributed by atoms with Crippen LogP contribution in [0.3, 0.4) is 0 Å². The first-order chi connectivity index (χ1) is 11.5. The van der Waals surface area contributed by atoms with Crippen molar-refractivity contribution in [3.8, 4) is 0 Å². The largest absolute Gasteiger partial charge is 0.388 e. The summed E-state index contributed by atoms with van der Waals surface area (Å²) in [6.07, 6.45) is -0.565. The van der Waals surface area contributed by atoms with Crippen molar-refractivity contribution in [2.45, 2.75) is 32.1 Å². The number of thioether (sulfide) groups is 1. The van der Waals surface area contributed by atoms with Gasteiger partial charge in [-0.25, -0.2) is 0 Å². The predicted molar refractivity (Wildman–Crippen MR) is 102 cm³/mol. The van der Waals surface area contributed by atoms with E-state index >= 15 is 0 Å². The normalized spacial score (nSPS) is 13.5. The Bertz CT molecular complexity index is 640. The minimum Gasteiger partial charge on any atom is -0.388 e. The molecule has 0 aliphatic rings. The summed E-state index contributed by atoms with van der Waals surface area (Å²) in [6, 6.07) is 17.3. The molecule has 24 heavy (non-hydrogen) atoms. The highest BCUT2D eigenvalue weighted by Gasteiger charge is 2.24. The second-order valence-electron chi connectivity index (χ2n) is 6.28. The number of carbonyl (C=O) groups is 1. The van der Waals surface area contributed by atoms with Gasteiger partial charge in [0.05, 0.1) is 11.4 Å². The lowest BCUT2D eigenvalue weighted by atomic mass is 10.1. The molecule has 2 aromatic rings. The molecule has 2 unspecified atom stereocenters. The van der Waals surface area contributed by atoms with Crippen LogP contribution in [0.15, 0.2) is 54.6 Å². The van der Waals surface area contributed by atoms with Crippen LogP contribution in [0.5, 0.6) is 0 Å². The van der Waals surface area contributed by atoms with E-state index in [1.54, 1.807) is 0 Å². The molecule has 2 N–H and O–H groups in total. The van der Waals surface area contributed by atoms with Gasteiger partial charge >= 0.3 is 0 Å². The minimum absolute atomic E-state index is 0.0147. The van der Waals surface area contributed by atoms with Crippen LogP contribution in [0.1, 0.15) is 31.1 Å². The van der Waals surface area contributed by atoms with Crippen LogP contribution in [-0.2, 0) is 4.79 Å². The summed E-state index contributed by atoms with van der Waals surface area (Å²) < 4.78 is 0. The van der Waals surface area contributed by atoms with Gasteiger partial charge in [0.25, 0.3) is 0 Å². The van der Waals surface area contributed by atoms with E-state index in [4.69, 9.17) is 0 Å². The second-order valence-corrected chi connectivity index (χ2v) is 7.45. The summed E-state index contributed by atoms with van der Waals surface area (Å²) in [6.45, 7) is 6.08. The van der Waals surface area contributed by atoms with Crippen molar-refractivity contribution in [1.82, 2.24) is 0 Å². The molecule has 0 saturated heterocycles. The maximum Gasteiger partial charge on any atom is 0.237 e. The number of anilines is 1. The van der Waals surface area contributed by atoms with Crippen LogP contribution in [0.4, 0.5) is 5.69 Å². The average Bonchev–Trinajstić information content (AvgIpc) is 2.57. The van der Waals surface area contributed by atoms with Gasteiger partial charge in [-0.05, 0) is 30.5 Å². The van der Waals surface area contributed by atoms with Crippen LogP contribution >= 0.6 is 11.8 Å². The first kappa shape index (κ1) is 18.6. The highest BCUT2D eigenvalue weighted by molar-refractivity contribution is 8.00. The summed E-state index contributed by atoms with van der Waals surface area (Å²) in [7, 11) is 0. The molecule has 0 aromatic heterocycles. The molecule has 0 aliphatic carbocycles. The molecule has 0 saturated carbocycles. The van der Waals surface area contributed by atoms with Gasteiger partial charge in [-0.3, -0.25) is 4.79 Å². The smallest absolute Gasteiger partial charge is 0.237 e. The van der Waals surface area contributed by atoms with Gasteiger partial charge in [0, 0.05) is 11.4 Å². The number of aliphatic hydroxyl groups is 1. The molecule has 128 valence electrons. The molecular formula is C20H25NO2S.